The highest BCUT2D eigenvalue weighted by Crippen LogP contribution is 2.51. The quantitative estimate of drug-likeness (QED) is 0.0190. The van der Waals surface area contributed by atoms with Crippen molar-refractivity contribution >= 4 is 64.2 Å². The van der Waals surface area contributed by atoms with Gasteiger partial charge in [0.1, 0.15) is 73.8 Å². The van der Waals surface area contributed by atoms with E-state index in [9.17, 15) is 126 Å². The number of rotatable bonds is 17. The van der Waals surface area contributed by atoms with E-state index in [1.54, 1.807) is 0 Å². The van der Waals surface area contributed by atoms with E-state index in [1.165, 1.54) is 134 Å². The molecule has 24 nitrogen and oxygen atoms in total. The van der Waals surface area contributed by atoms with E-state index in [2.05, 4.69) is 49.3 Å². The lowest BCUT2D eigenvalue weighted by atomic mass is 9.81. The molecule has 6 aliphatic rings. The SMILES string of the molecule is C.CC(F)(F)[C@H]1OC(N)=N[C@](C)(c2cc([N+](=O)[O-])ccc2F)[C@H]1F.CC(F)(F)[C@H]1OC(N)=N[C@](C)(c2ccccc2F)[C@H]1F.CC1=N[C@](C)(c2cc(N)ccc2F)[C@@H](F)[C@@H](C(C)(F)F)O1.CC1=N[C@](C)(c2cc([N+](=O)[O-])ccc2F)[C@@H](F)[C@@H](C(C)(F)F)O1.CC1=N[C@](C)(c2ccccc2F)[C@@H](F)[C@@H](C(C)(F)F)O1.[C-]#[N+]c1ccc(C(=O)Cc2ccc(F)c([C@@]3(C)N=C(C)O[C@H](C(C)(F)F)[C@@H]3F)c2)nc1. The summed E-state index contributed by atoms with van der Waals surface area (Å²) >= 11 is 0. The van der Waals surface area contributed by atoms with Gasteiger partial charge in [0.25, 0.3) is 59.0 Å². The smallest absolute Gasteiger partial charge is 0.284 e. The second-order valence-corrected chi connectivity index (χ2v) is 34.2. The number of carbonyl (C=O) groups is 1. The van der Waals surface area contributed by atoms with Gasteiger partial charge in [0, 0.05) is 145 Å². The minimum atomic E-state index is -3.63. The number of pyridine rings is 1. The van der Waals surface area contributed by atoms with Crippen molar-refractivity contribution in [1.29, 1.82) is 0 Å². The van der Waals surface area contributed by atoms with Gasteiger partial charge < -0.3 is 45.6 Å². The summed E-state index contributed by atoms with van der Waals surface area (Å²) in [6.07, 6.45) is -25.5. The zero-order chi connectivity index (χ0) is 104. The number of aliphatic imine (C=N–C) groups is 6. The highest BCUT2D eigenvalue weighted by Gasteiger charge is 2.62. The number of amidine groups is 2. The van der Waals surface area contributed by atoms with Crippen LogP contribution in [0.25, 0.3) is 4.85 Å². The number of nitro groups is 2. The molecule has 0 saturated carbocycles. The number of Topliss-reactive ketones (excluding diaryl/α,β-unsaturated/α-hetero) is 1. The summed E-state index contributed by atoms with van der Waals surface area (Å²) in [5.41, 5.74) is 2.81. The van der Waals surface area contributed by atoms with Crippen LogP contribution in [0.2, 0.25) is 0 Å². The minimum absolute atomic E-state index is 0. The molecule has 18 atom stereocenters. The number of anilines is 1. The predicted molar refractivity (Wildman–Crippen MR) is 464 cm³/mol. The highest BCUT2D eigenvalue weighted by molar-refractivity contribution is 5.96. The maximum absolute atomic E-state index is 15.2. The van der Waals surface area contributed by atoms with Gasteiger partial charge in [-0.25, -0.2) is 140 Å². The van der Waals surface area contributed by atoms with Crippen molar-refractivity contribution in [3.8, 4) is 0 Å². The van der Waals surface area contributed by atoms with Crippen molar-refractivity contribution in [3.63, 3.8) is 0 Å². The van der Waals surface area contributed by atoms with Gasteiger partial charge in [-0.2, -0.15) is 0 Å². The van der Waals surface area contributed by atoms with Gasteiger partial charge in [-0.05, 0) is 108 Å². The number of nitrogens with two attached hydrogens (primary N) is 3. The Hall–Kier alpha value is -13.0. The number of nitro benzene ring substituents is 2. The fraction of sp³-hybridized carbons (Fsp3) is 0.462. The maximum atomic E-state index is 15.2. The van der Waals surface area contributed by atoms with Crippen LogP contribution in [0.1, 0.15) is 168 Å². The third-order valence-electron chi connectivity index (χ3n) is 22.6. The third-order valence-corrected chi connectivity index (χ3v) is 22.6. The molecule has 6 aromatic carbocycles. The van der Waals surface area contributed by atoms with Gasteiger partial charge in [0.05, 0.1) is 16.4 Å². The number of benzene rings is 6. The number of ether oxygens (including phenoxy) is 6. The Morgan fingerprint density at radius 1 is 0.381 bits per heavy atom. The molecule has 0 spiro atoms. The van der Waals surface area contributed by atoms with E-state index >= 15 is 4.39 Å². The minimum Gasteiger partial charge on any atom is -0.468 e. The number of nitrogen functional groups attached to an aromatic ring is 1. The number of hydrogen-bond acceptors (Lipinski definition) is 21. The van der Waals surface area contributed by atoms with Crippen molar-refractivity contribution in [2.45, 2.75) is 267 Å². The van der Waals surface area contributed by atoms with Crippen LogP contribution in [-0.4, -0.2) is 165 Å². The first-order valence-electron chi connectivity index (χ1n) is 40.9. The molecule has 1 aromatic heterocycles. The first-order valence-corrected chi connectivity index (χ1v) is 40.9. The van der Waals surface area contributed by atoms with Crippen LogP contribution in [0, 0.1) is 61.7 Å². The number of alkyl halides is 18. The summed E-state index contributed by atoms with van der Waals surface area (Å²) < 4.78 is 364. The van der Waals surface area contributed by atoms with E-state index in [-0.39, 0.29) is 76.8 Å². The van der Waals surface area contributed by atoms with Crippen LogP contribution in [0.4, 0.5) is 128 Å². The van der Waals surface area contributed by atoms with E-state index in [0.29, 0.717) is 47.1 Å². The molecule has 48 heteroatoms. The monoisotopic (exact) mass is 2000 g/mol. The first kappa shape index (κ1) is 113. The topological polar surface area (TPSA) is 328 Å². The van der Waals surface area contributed by atoms with Crippen LogP contribution in [0.3, 0.4) is 0 Å². The molecule has 0 aliphatic carbocycles. The summed E-state index contributed by atoms with van der Waals surface area (Å²) in [4.78, 5) is 62.6. The summed E-state index contributed by atoms with van der Waals surface area (Å²) in [6, 6.07) is 24.3. The lowest BCUT2D eigenvalue weighted by molar-refractivity contribution is -0.385. The van der Waals surface area contributed by atoms with Crippen LogP contribution in [-0.2, 0) is 68.1 Å². The molecule has 7 aromatic rings. The van der Waals surface area contributed by atoms with E-state index in [4.69, 9.17) is 42.7 Å². The van der Waals surface area contributed by atoms with Crippen molar-refractivity contribution in [3.05, 3.63) is 251 Å². The Labute approximate surface area is 779 Å². The predicted octanol–water partition coefficient (Wildman–Crippen LogP) is 22.3. The lowest BCUT2D eigenvalue weighted by Crippen LogP contribution is -2.55. The van der Waals surface area contributed by atoms with Gasteiger partial charge in [-0.1, -0.05) is 56.0 Å². The number of nitrogens with zero attached hydrogens (tertiary/aromatic N) is 10. The molecule has 139 heavy (non-hydrogen) atoms. The summed E-state index contributed by atoms with van der Waals surface area (Å²) in [5, 5.41) is 21.6. The van der Waals surface area contributed by atoms with Crippen molar-refractivity contribution in [2.24, 2.45) is 41.4 Å². The van der Waals surface area contributed by atoms with Crippen LogP contribution >= 0.6 is 0 Å². The second kappa shape index (κ2) is 42.0. The van der Waals surface area contributed by atoms with Crippen LogP contribution < -0.4 is 17.2 Å². The number of non-ortho nitro benzene ring substituents is 2. The molecular weight excluding hydrogens is 1910 g/mol. The maximum Gasteiger partial charge on any atom is 0.284 e. The molecule has 6 N–H and O–H groups in total. The number of carbonyl (C=O) groups excluding carboxylic acids is 1. The van der Waals surface area contributed by atoms with E-state index < -0.39 is 228 Å². The van der Waals surface area contributed by atoms with Gasteiger partial charge in [0.15, 0.2) is 103 Å². The van der Waals surface area contributed by atoms with Gasteiger partial charge in [-0.15, -0.1) is 0 Å². The fourth-order valence-electron chi connectivity index (χ4n) is 15.5. The molecule has 0 saturated heterocycles. The number of aromatic nitrogens is 1. The van der Waals surface area contributed by atoms with Crippen LogP contribution in [0.5, 0.6) is 0 Å². The highest BCUT2D eigenvalue weighted by atomic mass is 19.3. The van der Waals surface area contributed by atoms with E-state index in [1.807, 2.05) is 0 Å². The normalized spacial score (nSPS) is 27.8. The van der Waals surface area contributed by atoms with Crippen LogP contribution in [0.15, 0.2) is 170 Å². The Morgan fingerprint density at radius 3 is 0.928 bits per heavy atom. The molecule has 0 radical (unpaired) electrons. The molecule has 0 fully saturated rings. The number of ketones is 1. The zero-order valence-electron chi connectivity index (χ0n) is 75.7. The molecule has 13 rings (SSSR count). The zero-order valence-corrected chi connectivity index (χ0v) is 75.7. The summed E-state index contributed by atoms with van der Waals surface area (Å²) in [5.74, 6) is -27.1. The summed E-state index contributed by atoms with van der Waals surface area (Å²) in [7, 11) is 0. The lowest BCUT2D eigenvalue weighted by Gasteiger charge is -2.40. The summed E-state index contributed by atoms with van der Waals surface area (Å²) in [6.45, 7) is 22.3. The van der Waals surface area contributed by atoms with Gasteiger partial charge in [0.2, 0.25) is 5.69 Å². The molecule has 0 unspecified atom stereocenters. The van der Waals surface area contributed by atoms with Crippen molar-refractivity contribution < 1.29 is 148 Å². The van der Waals surface area contributed by atoms with Gasteiger partial charge in [-0.3, -0.25) is 30.0 Å². The van der Waals surface area contributed by atoms with E-state index in [0.717, 1.165) is 74.5 Å². The second-order valence-electron chi connectivity index (χ2n) is 34.2. The molecule has 6 aliphatic heterocycles. The number of halogens is 24. The van der Waals surface area contributed by atoms with Crippen molar-refractivity contribution in [2.75, 3.05) is 5.73 Å². The van der Waals surface area contributed by atoms with Gasteiger partial charge >= 0.3 is 0 Å². The Kier molecular flexibility index (Phi) is 34.1. The fourth-order valence-corrected chi connectivity index (χ4v) is 15.5. The number of hydrogen-bond donors (Lipinski definition) is 3. The first-order chi connectivity index (χ1) is 63.3. The Balaban J connectivity index is 0.000000228. The average molecular weight is 2000 g/mol. The van der Waals surface area contributed by atoms with Crippen molar-refractivity contribution in [1.82, 2.24) is 4.98 Å². The average Bonchev–Trinajstić information content (AvgIpc) is 0.313. The molecule has 0 bridgehead atoms. The molecular formula is C91H95F24N13O11. The molecule has 0 amide bonds. The Bertz CT molecular complexity index is 5680. The standard InChI is InChI=1S/C22H19F4N3O2.C14H14F4N2O3.C14H16F4N2O.C14H15F4NO.C13H13F4N3O3.C13H14F4N2O.CH4/c1-12-29-21(2,19(24)20(31-12)22(3,25)26)15-9-13(5-7-16(15)23)10-18(30)17-8-6-14(27-4)11-28-17;1-7-19-13(2,11(16)12(23-7)14(3,17)18)9-6-8(20(21)22)4-5-10(9)15;1-7-20-13(2,9-6-8(19)4-5-10(9)15)11(16)12(21-7)14(3,17)18;1-8-19-13(2,9-6-4-5-7-10(9)15)11(16)12(20-8)14(3,17)18;1-12(7-5-6(20(21)22)3-4-8(7)14)9(15)10(13(2,16)17)23-11(18)19-12;1-12(7-5-3-4-6-8(7)14)9(15)10(13(2,16)17)20-11(18)19-12;/h5-9,11,19-20H,10H2,1-3H3;4-6,11-12H,1-3H3;4-6,11-12H,19H2,1-3H3;4-7,11-12H,1-3H3;3-5,9-10H,1-2H3,(H2,18,19);3-6,9-10H,1-2H3,(H2,18,19);1H4/t19-,20-,21+;3*11-,12-,13+;2*9-,10-,12+;/m000000./s1. The Morgan fingerprint density at radius 2 is 0.640 bits per heavy atom. The molecule has 7 heterocycles. The third kappa shape index (κ3) is 25.0. The largest absolute Gasteiger partial charge is 0.468 e. The molecule has 758 valence electrons.